The Bertz CT molecular complexity index is 1040. The fourth-order valence-electron chi connectivity index (χ4n) is 2.59. The molecular weight excluding hydrogens is 458 g/mol. The van der Waals surface area contributed by atoms with E-state index in [1.54, 1.807) is 18.2 Å². The Kier molecular flexibility index (Phi) is 7.48. The molecule has 0 aliphatic carbocycles. The predicted molar refractivity (Wildman–Crippen MR) is 118 cm³/mol. The molecule has 0 fully saturated rings. The van der Waals surface area contributed by atoms with E-state index < -0.39 is 15.8 Å². The van der Waals surface area contributed by atoms with Crippen molar-refractivity contribution in [3.63, 3.8) is 0 Å². The molecule has 0 aromatic heterocycles. The number of nitrogens with two attached hydrogens (primary N) is 1. The molecule has 0 radical (unpaired) electrons. The number of nitrogens with one attached hydrogen (secondary N) is 2. The monoisotopic (exact) mass is 477 g/mol. The van der Waals surface area contributed by atoms with Gasteiger partial charge in [-0.3, -0.25) is 25.0 Å². The molecule has 1 amide bonds. The molecule has 4 N–H and O–H groups in total. The highest BCUT2D eigenvalue weighted by Crippen LogP contribution is 2.32. The summed E-state index contributed by atoms with van der Waals surface area (Å²) in [6.07, 6.45) is 0. The second kappa shape index (κ2) is 9.83. The number of carbonyl (C=O) groups is 1. The first-order valence-electron chi connectivity index (χ1n) is 8.76. The van der Waals surface area contributed by atoms with Crippen molar-refractivity contribution in [2.24, 2.45) is 5.73 Å². The topological polar surface area (TPSA) is 153 Å². The summed E-state index contributed by atoms with van der Waals surface area (Å²) in [5.74, 6) is -0.746. The van der Waals surface area contributed by atoms with Crippen LogP contribution < -0.4 is 16.4 Å². The highest BCUT2D eigenvalue weighted by molar-refractivity contribution is 9.10. The zero-order valence-corrected chi connectivity index (χ0v) is 17.9. The number of para-hydroxylation sites is 1. The van der Waals surface area contributed by atoms with Gasteiger partial charge in [-0.05, 0) is 54.0 Å². The molecule has 0 saturated carbocycles. The summed E-state index contributed by atoms with van der Waals surface area (Å²) >= 11 is 3.18. The molecule has 30 heavy (non-hydrogen) atoms. The molecule has 0 aliphatic rings. The molecule has 0 bridgehead atoms. The number of hydrogen-bond donors (Lipinski definition) is 3. The van der Waals surface area contributed by atoms with E-state index in [1.807, 2.05) is 13.8 Å². The molecule has 0 saturated heterocycles. The predicted octanol–water partition coefficient (Wildman–Crippen LogP) is 4.22. The quantitative estimate of drug-likeness (QED) is 0.277. The van der Waals surface area contributed by atoms with Gasteiger partial charge in [-0.15, -0.1) is 0 Å². The summed E-state index contributed by atoms with van der Waals surface area (Å²) in [4.78, 5) is 32.7. The van der Waals surface area contributed by atoms with Gasteiger partial charge in [0.2, 0.25) is 5.91 Å². The van der Waals surface area contributed by atoms with Crippen LogP contribution in [0.2, 0.25) is 0 Å². The fourth-order valence-corrected chi connectivity index (χ4v) is 3.10. The number of carbonyl (C=O) groups excluding carboxylic acids is 1. The van der Waals surface area contributed by atoms with Crippen LogP contribution >= 0.6 is 15.9 Å². The number of nitro groups is 2. The largest absolute Gasteiger partial charge is 0.376 e. The highest BCUT2D eigenvalue weighted by atomic mass is 79.9. The molecular formula is C19H20BrN5O5. The molecule has 0 aliphatic heterocycles. The van der Waals surface area contributed by atoms with E-state index in [0.717, 1.165) is 17.2 Å². The Morgan fingerprint density at radius 1 is 1.00 bits per heavy atom. The average molecular weight is 478 g/mol. The molecule has 2 rings (SSSR count). The molecule has 2 aromatic carbocycles. The van der Waals surface area contributed by atoms with Crippen LogP contribution in [0, 0.1) is 20.2 Å². The Morgan fingerprint density at radius 2 is 1.60 bits per heavy atom. The van der Waals surface area contributed by atoms with Gasteiger partial charge in [0.05, 0.1) is 14.3 Å². The van der Waals surface area contributed by atoms with Gasteiger partial charge in [-0.2, -0.15) is 0 Å². The number of nitrogens with zero attached hydrogens (tertiary/aromatic N) is 2. The minimum absolute atomic E-state index is 0.0498. The summed E-state index contributed by atoms with van der Waals surface area (Å²) in [5, 5.41) is 28.6. The number of primary amides is 1. The average Bonchev–Trinajstić information content (AvgIpc) is 2.69. The van der Waals surface area contributed by atoms with Gasteiger partial charge in [-0.25, -0.2) is 0 Å². The van der Waals surface area contributed by atoms with Crippen LogP contribution in [0.15, 0.2) is 52.0 Å². The third kappa shape index (κ3) is 5.54. The molecule has 10 nitrogen and oxygen atoms in total. The van der Waals surface area contributed by atoms with Gasteiger partial charge >= 0.3 is 5.69 Å². The number of hydrogen-bond acceptors (Lipinski definition) is 7. The first-order valence-corrected chi connectivity index (χ1v) is 9.55. The van der Waals surface area contributed by atoms with Gasteiger partial charge in [0.15, 0.2) is 0 Å². The van der Waals surface area contributed by atoms with Crippen LogP contribution in [0.5, 0.6) is 0 Å². The summed E-state index contributed by atoms with van der Waals surface area (Å²) < 4.78 is 0.379. The van der Waals surface area contributed by atoms with Crippen LogP contribution in [-0.4, -0.2) is 28.8 Å². The van der Waals surface area contributed by atoms with Crippen LogP contribution in [0.25, 0.3) is 0 Å². The van der Waals surface area contributed by atoms with Crippen molar-refractivity contribution in [3.05, 3.63) is 77.8 Å². The zero-order valence-electron chi connectivity index (χ0n) is 16.3. The standard InChI is InChI=1S/C19H20BrN5O5/c1-11(9-22-15-7-6-13(19(21)26)8-17(15)24(27)28)12(2)10-23-16-5-3-4-14(20)18(16)25(29)30/h3-8,22-23H,9-10H2,1-2H3,(H2,21,26)/b12-11+. The number of nitro benzene ring substituents is 2. The van der Waals surface area contributed by atoms with Crippen molar-refractivity contribution < 1.29 is 14.6 Å². The molecule has 0 atom stereocenters. The van der Waals surface area contributed by atoms with Crippen LogP contribution in [-0.2, 0) is 0 Å². The fraction of sp³-hybridized carbons (Fsp3) is 0.211. The number of benzene rings is 2. The van der Waals surface area contributed by atoms with E-state index in [9.17, 15) is 25.0 Å². The Hall–Kier alpha value is -3.47. The van der Waals surface area contributed by atoms with E-state index in [4.69, 9.17) is 5.73 Å². The third-order valence-corrected chi connectivity index (χ3v) is 5.10. The van der Waals surface area contributed by atoms with Gasteiger partial charge < -0.3 is 16.4 Å². The van der Waals surface area contributed by atoms with E-state index in [0.29, 0.717) is 23.2 Å². The van der Waals surface area contributed by atoms with Gasteiger partial charge in [0.25, 0.3) is 5.69 Å². The van der Waals surface area contributed by atoms with Crippen LogP contribution in [0.4, 0.5) is 22.7 Å². The first-order chi connectivity index (χ1) is 14.1. The second-order valence-electron chi connectivity index (χ2n) is 6.51. The molecule has 0 heterocycles. The molecule has 2 aromatic rings. The summed E-state index contributed by atoms with van der Waals surface area (Å²) in [7, 11) is 0. The smallest absolute Gasteiger partial charge is 0.306 e. The van der Waals surface area contributed by atoms with Gasteiger partial charge in [0, 0.05) is 24.7 Å². The van der Waals surface area contributed by atoms with E-state index >= 15 is 0 Å². The maximum atomic E-state index is 11.3. The Balaban J connectivity index is 2.12. The second-order valence-corrected chi connectivity index (χ2v) is 7.37. The van der Waals surface area contributed by atoms with E-state index in [2.05, 4.69) is 26.6 Å². The van der Waals surface area contributed by atoms with Crippen LogP contribution in [0.1, 0.15) is 24.2 Å². The lowest BCUT2D eigenvalue weighted by Crippen LogP contribution is -2.13. The lowest BCUT2D eigenvalue weighted by atomic mass is 10.1. The van der Waals surface area contributed by atoms with Crippen molar-refractivity contribution in [2.45, 2.75) is 13.8 Å². The lowest BCUT2D eigenvalue weighted by Gasteiger charge is -2.13. The number of rotatable bonds is 9. The van der Waals surface area contributed by atoms with Crippen molar-refractivity contribution in [2.75, 3.05) is 23.7 Å². The SMILES string of the molecule is C/C(CNc1ccc(C(N)=O)cc1[N+](=O)[O-])=C(/C)CNc1cccc(Br)c1[N+](=O)[O-]. The highest BCUT2D eigenvalue weighted by Gasteiger charge is 2.18. The number of anilines is 2. The Labute approximate surface area is 180 Å². The Morgan fingerprint density at radius 3 is 2.13 bits per heavy atom. The van der Waals surface area contributed by atoms with Gasteiger partial charge in [0.1, 0.15) is 11.4 Å². The summed E-state index contributed by atoms with van der Waals surface area (Å²) in [6, 6.07) is 8.89. The minimum atomic E-state index is -0.746. The molecule has 0 unspecified atom stereocenters. The summed E-state index contributed by atoms with van der Waals surface area (Å²) in [5.41, 5.74) is 7.37. The maximum absolute atomic E-state index is 11.3. The van der Waals surface area contributed by atoms with E-state index in [1.165, 1.54) is 12.1 Å². The van der Waals surface area contributed by atoms with Crippen molar-refractivity contribution in [1.82, 2.24) is 0 Å². The third-order valence-electron chi connectivity index (χ3n) is 4.46. The first kappa shape index (κ1) is 22.8. The van der Waals surface area contributed by atoms with E-state index in [-0.39, 0.29) is 22.6 Å². The maximum Gasteiger partial charge on any atom is 0.306 e. The molecule has 0 spiro atoms. The number of amides is 1. The molecule has 11 heteroatoms. The van der Waals surface area contributed by atoms with Crippen molar-refractivity contribution in [3.8, 4) is 0 Å². The summed E-state index contributed by atoms with van der Waals surface area (Å²) in [6.45, 7) is 4.37. The van der Waals surface area contributed by atoms with Crippen LogP contribution in [0.3, 0.4) is 0 Å². The lowest BCUT2D eigenvalue weighted by molar-refractivity contribution is -0.384. The molecule has 158 valence electrons. The minimum Gasteiger partial charge on any atom is -0.376 e. The normalized spacial score (nSPS) is 11.4. The van der Waals surface area contributed by atoms with Crippen molar-refractivity contribution >= 4 is 44.6 Å². The van der Waals surface area contributed by atoms with Crippen molar-refractivity contribution in [1.29, 1.82) is 0 Å². The van der Waals surface area contributed by atoms with Gasteiger partial charge in [-0.1, -0.05) is 17.2 Å². The zero-order chi connectivity index (χ0) is 22.4. The number of halogens is 1.